The minimum Gasteiger partial charge on any atom is -0.388 e. The number of carbonyl (C=O) groups is 1. The van der Waals surface area contributed by atoms with Crippen LogP contribution in [-0.2, 0) is 63.2 Å². The standard InChI is InChI=1S/C14H26N2O19S3/c1-15-12(19)11-9(30-2)7(18)10(35-38(27,28)29)14(34-11)33-8-4(3-31-37(24,25)26)32-13(20)5(6(8)17)16-36(21,22)23/h4-11,13-14,16-18,20H,3H2,1-2H3,(H,15,19)(H,21,22,23)(H,24,25,26)(H,27,28,29). The molecular weight excluding hydrogens is 596 g/mol. The van der Waals surface area contributed by atoms with Gasteiger partial charge in [-0.15, -0.1) is 0 Å². The molecule has 224 valence electrons. The Bertz CT molecular complexity index is 1140. The van der Waals surface area contributed by atoms with E-state index in [1.165, 1.54) is 4.72 Å². The highest BCUT2D eigenvalue weighted by Crippen LogP contribution is 2.32. The van der Waals surface area contributed by atoms with E-state index in [9.17, 15) is 45.4 Å². The van der Waals surface area contributed by atoms with Gasteiger partial charge in [-0.25, -0.2) is 8.37 Å². The third-order valence-electron chi connectivity index (χ3n) is 5.18. The fraction of sp³-hybridized carbons (Fsp3) is 0.929. The van der Waals surface area contributed by atoms with E-state index in [1.54, 1.807) is 0 Å². The quantitative estimate of drug-likeness (QED) is 0.0994. The summed E-state index contributed by atoms with van der Waals surface area (Å²) in [5.74, 6) is -0.956. The van der Waals surface area contributed by atoms with Crippen molar-refractivity contribution in [2.45, 2.75) is 61.3 Å². The fourth-order valence-electron chi connectivity index (χ4n) is 3.64. The molecule has 21 nitrogen and oxygen atoms in total. The van der Waals surface area contributed by atoms with Gasteiger partial charge in [-0.2, -0.15) is 30.0 Å². The van der Waals surface area contributed by atoms with Crippen molar-refractivity contribution in [2.24, 2.45) is 0 Å². The van der Waals surface area contributed by atoms with Crippen molar-refractivity contribution >= 4 is 37.0 Å². The molecule has 0 saturated carbocycles. The summed E-state index contributed by atoms with van der Waals surface area (Å²) >= 11 is 0. The Hall–Kier alpha value is -1.20. The third kappa shape index (κ3) is 8.91. The molecule has 2 aliphatic heterocycles. The maximum Gasteiger partial charge on any atom is 0.397 e. The summed E-state index contributed by atoms with van der Waals surface area (Å²) in [4.78, 5) is 12.3. The summed E-state index contributed by atoms with van der Waals surface area (Å²) in [5.41, 5.74) is 0. The van der Waals surface area contributed by atoms with Gasteiger partial charge in [-0.1, -0.05) is 0 Å². The molecule has 8 N–H and O–H groups in total. The van der Waals surface area contributed by atoms with Gasteiger partial charge in [0.2, 0.25) is 0 Å². The molecule has 2 rings (SSSR count). The number of hydrogen-bond donors (Lipinski definition) is 8. The van der Waals surface area contributed by atoms with Crippen LogP contribution in [0.25, 0.3) is 0 Å². The van der Waals surface area contributed by atoms with Crippen LogP contribution >= 0.6 is 0 Å². The molecule has 10 atom stereocenters. The highest BCUT2D eigenvalue weighted by Gasteiger charge is 2.55. The van der Waals surface area contributed by atoms with Crippen molar-refractivity contribution in [3.63, 3.8) is 0 Å². The molecule has 0 aromatic rings. The Kier molecular flexibility index (Phi) is 10.9. The number of hydrogen-bond acceptors (Lipinski definition) is 16. The molecule has 0 aromatic carbocycles. The van der Waals surface area contributed by atoms with Crippen LogP contribution in [0.15, 0.2) is 0 Å². The first kappa shape index (κ1) is 33.0. The average molecular weight is 623 g/mol. The number of likely N-dealkylation sites (N-methyl/N-ethyl adjacent to an activating group) is 1. The SMILES string of the molecule is CNC(=O)C1OC(OC2C(COS(=O)(=O)O)OC(O)C(NS(=O)(=O)O)C2O)C(OS(=O)(=O)O)C(O)C1OC. The first-order valence-corrected chi connectivity index (χ1v) is 14.2. The van der Waals surface area contributed by atoms with Crippen LogP contribution < -0.4 is 10.0 Å². The lowest BCUT2D eigenvalue weighted by atomic mass is 9.95. The summed E-state index contributed by atoms with van der Waals surface area (Å²) in [6.07, 6.45) is -18.7. The monoisotopic (exact) mass is 622 g/mol. The zero-order chi connectivity index (χ0) is 29.2. The average Bonchev–Trinajstić information content (AvgIpc) is 2.76. The zero-order valence-electron chi connectivity index (χ0n) is 19.2. The number of aliphatic hydroxyl groups is 3. The van der Waals surface area contributed by atoms with E-state index in [0.29, 0.717) is 0 Å². The maximum absolute atomic E-state index is 12.3. The van der Waals surface area contributed by atoms with Crippen molar-refractivity contribution in [1.29, 1.82) is 0 Å². The van der Waals surface area contributed by atoms with E-state index in [0.717, 1.165) is 14.2 Å². The molecule has 10 unspecified atom stereocenters. The van der Waals surface area contributed by atoms with Gasteiger partial charge < -0.3 is 39.6 Å². The van der Waals surface area contributed by atoms with Crippen molar-refractivity contribution in [3.05, 3.63) is 0 Å². The lowest BCUT2D eigenvalue weighted by Crippen LogP contribution is -2.68. The topological polar surface area (TPSA) is 320 Å². The van der Waals surface area contributed by atoms with E-state index in [1.807, 2.05) is 0 Å². The molecule has 2 aliphatic rings. The normalized spacial score (nSPS) is 37.1. The molecule has 1 amide bonds. The minimum absolute atomic E-state index is 0.956. The Balaban J connectivity index is 2.51. The Morgan fingerprint density at radius 3 is 1.97 bits per heavy atom. The second kappa shape index (κ2) is 12.5. The number of nitrogens with one attached hydrogen (secondary N) is 2. The minimum atomic E-state index is -5.38. The number of carbonyl (C=O) groups excluding carboxylic acids is 1. The molecule has 24 heteroatoms. The van der Waals surface area contributed by atoms with Crippen LogP contribution in [0.4, 0.5) is 0 Å². The molecule has 2 fully saturated rings. The summed E-state index contributed by atoms with van der Waals surface area (Å²) in [6.45, 7) is -1.23. The number of aliphatic hydroxyl groups excluding tert-OH is 3. The van der Waals surface area contributed by atoms with Gasteiger partial charge in [0.1, 0.15) is 36.6 Å². The van der Waals surface area contributed by atoms with Crippen LogP contribution in [-0.4, -0.2) is 142 Å². The van der Waals surface area contributed by atoms with Crippen LogP contribution in [0.3, 0.4) is 0 Å². The molecule has 0 spiro atoms. The Morgan fingerprint density at radius 2 is 1.50 bits per heavy atom. The highest BCUT2D eigenvalue weighted by atomic mass is 32.3. The fourth-order valence-corrected chi connectivity index (χ4v) is 5.03. The number of ether oxygens (including phenoxy) is 4. The van der Waals surface area contributed by atoms with Crippen LogP contribution in [0.1, 0.15) is 0 Å². The van der Waals surface area contributed by atoms with Crippen molar-refractivity contribution in [1.82, 2.24) is 10.0 Å². The lowest BCUT2D eigenvalue weighted by Gasteiger charge is -2.46. The van der Waals surface area contributed by atoms with Gasteiger partial charge in [-0.3, -0.25) is 18.5 Å². The second-order valence-corrected chi connectivity index (χ2v) is 11.0. The molecule has 0 radical (unpaired) electrons. The predicted octanol–water partition coefficient (Wildman–Crippen LogP) is -5.94. The molecular formula is C14H26N2O19S3. The van der Waals surface area contributed by atoms with Gasteiger partial charge in [-0.05, 0) is 0 Å². The van der Waals surface area contributed by atoms with Crippen molar-refractivity contribution in [2.75, 3.05) is 20.8 Å². The van der Waals surface area contributed by atoms with E-state index in [4.69, 9.17) is 32.6 Å². The maximum atomic E-state index is 12.3. The number of amides is 1. The van der Waals surface area contributed by atoms with Gasteiger partial charge in [0, 0.05) is 14.2 Å². The van der Waals surface area contributed by atoms with Crippen LogP contribution in [0, 0.1) is 0 Å². The Morgan fingerprint density at radius 1 is 0.895 bits per heavy atom. The summed E-state index contributed by atoms with van der Waals surface area (Å²) < 4.78 is 125. The second-order valence-electron chi connectivity index (χ2n) is 7.71. The molecule has 0 aliphatic carbocycles. The van der Waals surface area contributed by atoms with Gasteiger partial charge >= 0.3 is 31.1 Å². The predicted molar refractivity (Wildman–Crippen MR) is 114 cm³/mol. The molecule has 0 bridgehead atoms. The number of rotatable bonds is 11. The first-order valence-electron chi connectivity index (χ1n) is 10.0. The first-order chi connectivity index (χ1) is 17.3. The van der Waals surface area contributed by atoms with Crippen molar-refractivity contribution < 1.29 is 86.3 Å². The zero-order valence-corrected chi connectivity index (χ0v) is 21.6. The summed E-state index contributed by atoms with van der Waals surface area (Å²) in [5, 5.41) is 33.6. The van der Waals surface area contributed by atoms with Gasteiger partial charge in [0.25, 0.3) is 5.91 Å². The molecule has 2 saturated heterocycles. The summed E-state index contributed by atoms with van der Waals surface area (Å²) in [6, 6.07) is -2.13. The van der Waals surface area contributed by atoms with Gasteiger partial charge in [0.05, 0.1) is 6.61 Å². The van der Waals surface area contributed by atoms with Gasteiger partial charge in [0.15, 0.2) is 24.8 Å². The molecule has 0 aromatic heterocycles. The smallest absolute Gasteiger partial charge is 0.388 e. The summed E-state index contributed by atoms with van der Waals surface area (Å²) in [7, 11) is -13.5. The third-order valence-corrected chi connectivity index (χ3v) is 6.65. The van der Waals surface area contributed by atoms with E-state index in [-0.39, 0.29) is 0 Å². The van der Waals surface area contributed by atoms with Crippen LogP contribution in [0.5, 0.6) is 0 Å². The Labute approximate surface area is 215 Å². The molecule has 2 heterocycles. The number of methoxy groups -OCH3 is 1. The van der Waals surface area contributed by atoms with E-state index < -0.39 is 105 Å². The van der Waals surface area contributed by atoms with E-state index >= 15 is 0 Å². The largest absolute Gasteiger partial charge is 0.397 e. The van der Waals surface area contributed by atoms with E-state index in [2.05, 4.69) is 13.7 Å². The lowest BCUT2D eigenvalue weighted by molar-refractivity contribution is -0.336. The van der Waals surface area contributed by atoms with Crippen LogP contribution in [0.2, 0.25) is 0 Å². The van der Waals surface area contributed by atoms with Crippen molar-refractivity contribution in [3.8, 4) is 0 Å². The molecule has 38 heavy (non-hydrogen) atoms. The highest BCUT2D eigenvalue weighted by molar-refractivity contribution is 7.83.